The van der Waals surface area contributed by atoms with Crippen LogP contribution in [-0.4, -0.2) is 48.2 Å². The summed E-state index contributed by atoms with van der Waals surface area (Å²) < 4.78 is 5.71. The number of carbonyl (C=O) groups excluding carboxylic acids is 2. The molecule has 37 heavy (non-hydrogen) atoms. The topological polar surface area (TPSA) is 90.9 Å². The Labute approximate surface area is 218 Å². The van der Waals surface area contributed by atoms with E-state index in [4.69, 9.17) is 4.74 Å². The van der Waals surface area contributed by atoms with E-state index in [1.165, 1.54) is 0 Å². The number of nitrogens with one attached hydrogen (secondary N) is 2. The molecule has 0 spiro atoms. The summed E-state index contributed by atoms with van der Waals surface area (Å²) in [6.07, 6.45) is 1.93. The zero-order chi connectivity index (χ0) is 26.2. The van der Waals surface area contributed by atoms with Crippen molar-refractivity contribution in [2.75, 3.05) is 30.8 Å². The predicted octanol–water partition coefficient (Wildman–Crippen LogP) is 5.37. The van der Waals surface area contributed by atoms with Gasteiger partial charge >= 0.3 is 6.09 Å². The molecular weight excluding hydrogens is 466 g/mol. The maximum atomic E-state index is 12.8. The average molecular weight is 502 g/mol. The van der Waals surface area contributed by atoms with Crippen molar-refractivity contribution in [2.24, 2.45) is 0 Å². The molecule has 7 nitrogen and oxygen atoms in total. The number of amides is 2. The number of aliphatic hydroxyl groups excluding tert-OH is 1. The van der Waals surface area contributed by atoms with Crippen LogP contribution in [0.5, 0.6) is 0 Å². The van der Waals surface area contributed by atoms with Crippen LogP contribution in [0.25, 0.3) is 11.1 Å². The number of ether oxygens (including phenoxy) is 1. The summed E-state index contributed by atoms with van der Waals surface area (Å²) >= 11 is 0. The number of hydrogen-bond acceptors (Lipinski definition) is 5. The molecule has 3 aromatic rings. The van der Waals surface area contributed by atoms with Crippen molar-refractivity contribution in [3.63, 3.8) is 0 Å². The number of likely N-dealkylation sites (tertiary alicyclic amines) is 1. The van der Waals surface area contributed by atoms with E-state index in [2.05, 4.69) is 22.6 Å². The standard InChI is InChI=1S/C30H35N3O4/c1-21-18-25(11-10-24(21)20-34)31-29(35)13-9-22-8-12-27(23-6-4-3-5-7-23)28(19-22)32-30(36)37-26-14-16-33(2)17-15-26/h3-8,10-12,18-19,26,34H,9,13-17,20H2,1-2H3,(H,31,35)(H,32,36). The molecule has 1 aliphatic rings. The Balaban J connectivity index is 1.43. The summed E-state index contributed by atoms with van der Waals surface area (Å²) in [5.74, 6) is -0.0977. The van der Waals surface area contributed by atoms with Crippen LogP contribution in [0, 0.1) is 6.92 Å². The molecule has 0 aromatic heterocycles. The van der Waals surface area contributed by atoms with Crippen molar-refractivity contribution in [3.8, 4) is 11.1 Å². The summed E-state index contributed by atoms with van der Waals surface area (Å²) in [7, 11) is 2.07. The molecule has 1 saturated heterocycles. The van der Waals surface area contributed by atoms with Crippen LogP contribution in [0.2, 0.25) is 0 Å². The number of hydrogen-bond donors (Lipinski definition) is 3. The third-order valence-electron chi connectivity index (χ3n) is 6.78. The number of rotatable bonds is 8. The lowest BCUT2D eigenvalue weighted by Crippen LogP contribution is -2.36. The van der Waals surface area contributed by atoms with Gasteiger partial charge in [-0.15, -0.1) is 0 Å². The molecule has 0 atom stereocenters. The first-order chi connectivity index (χ1) is 17.9. The number of piperidine rings is 1. The van der Waals surface area contributed by atoms with E-state index in [0.29, 0.717) is 24.2 Å². The first-order valence-electron chi connectivity index (χ1n) is 12.8. The molecule has 0 saturated carbocycles. The molecule has 3 N–H and O–H groups in total. The van der Waals surface area contributed by atoms with Crippen LogP contribution in [-0.2, 0) is 22.6 Å². The van der Waals surface area contributed by atoms with Crippen molar-refractivity contribution in [2.45, 2.75) is 45.3 Å². The predicted molar refractivity (Wildman–Crippen MR) is 147 cm³/mol. The van der Waals surface area contributed by atoms with Crippen LogP contribution < -0.4 is 10.6 Å². The van der Waals surface area contributed by atoms with Gasteiger partial charge in [0.05, 0.1) is 12.3 Å². The number of aryl methyl sites for hydroxylation is 2. The molecule has 0 bridgehead atoms. The van der Waals surface area contributed by atoms with Gasteiger partial charge in [0.15, 0.2) is 0 Å². The molecule has 1 heterocycles. The lowest BCUT2D eigenvalue weighted by Gasteiger charge is -2.28. The smallest absolute Gasteiger partial charge is 0.411 e. The quantitative estimate of drug-likeness (QED) is 0.386. The summed E-state index contributed by atoms with van der Waals surface area (Å²) in [4.78, 5) is 27.6. The van der Waals surface area contributed by atoms with Gasteiger partial charge < -0.3 is 20.1 Å². The van der Waals surface area contributed by atoms with Crippen LogP contribution >= 0.6 is 0 Å². The van der Waals surface area contributed by atoms with Gasteiger partial charge in [0.1, 0.15) is 6.10 Å². The second-order valence-electron chi connectivity index (χ2n) is 9.63. The second kappa shape index (κ2) is 12.5. The van der Waals surface area contributed by atoms with Crippen molar-refractivity contribution in [3.05, 3.63) is 83.4 Å². The lowest BCUT2D eigenvalue weighted by molar-refractivity contribution is -0.116. The van der Waals surface area contributed by atoms with E-state index in [1.54, 1.807) is 6.07 Å². The molecule has 0 radical (unpaired) electrons. The minimum Gasteiger partial charge on any atom is -0.446 e. The fraction of sp³-hybridized carbons (Fsp3) is 0.333. The van der Waals surface area contributed by atoms with Crippen LogP contribution in [0.15, 0.2) is 66.7 Å². The minimum absolute atomic E-state index is 0.0268. The normalized spacial score (nSPS) is 14.2. The van der Waals surface area contributed by atoms with E-state index in [0.717, 1.165) is 53.7 Å². The first kappa shape index (κ1) is 26.4. The monoisotopic (exact) mass is 501 g/mol. The number of benzene rings is 3. The summed E-state index contributed by atoms with van der Waals surface area (Å²) in [6.45, 7) is 3.70. The molecule has 1 fully saturated rings. The number of aliphatic hydroxyl groups is 1. The van der Waals surface area contributed by atoms with Crippen molar-refractivity contribution < 1.29 is 19.4 Å². The third kappa shape index (κ3) is 7.41. The van der Waals surface area contributed by atoms with Crippen molar-refractivity contribution in [1.29, 1.82) is 0 Å². The highest BCUT2D eigenvalue weighted by Crippen LogP contribution is 2.30. The Morgan fingerprint density at radius 2 is 1.76 bits per heavy atom. The number of nitrogens with zero attached hydrogens (tertiary/aromatic N) is 1. The SMILES string of the molecule is Cc1cc(NC(=O)CCc2ccc(-c3ccccc3)c(NC(=O)OC3CCN(C)CC3)c2)ccc1CO. The highest BCUT2D eigenvalue weighted by molar-refractivity contribution is 5.92. The molecule has 1 aliphatic heterocycles. The third-order valence-corrected chi connectivity index (χ3v) is 6.78. The largest absolute Gasteiger partial charge is 0.446 e. The van der Waals surface area contributed by atoms with Crippen LogP contribution in [0.3, 0.4) is 0 Å². The van der Waals surface area contributed by atoms with Gasteiger partial charge in [0, 0.05) is 30.8 Å². The average Bonchev–Trinajstić information content (AvgIpc) is 2.89. The Hall–Kier alpha value is -3.68. The van der Waals surface area contributed by atoms with Crippen LogP contribution in [0.1, 0.15) is 36.0 Å². The number of anilines is 2. The van der Waals surface area contributed by atoms with Gasteiger partial charge in [-0.05, 0) is 73.7 Å². The van der Waals surface area contributed by atoms with E-state index < -0.39 is 6.09 Å². The van der Waals surface area contributed by atoms with Gasteiger partial charge in [-0.25, -0.2) is 4.79 Å². The molecule has 3 aromatic carbocycles. The van der Waals surface area contributed by atoms with E-state index in [1.807, 2.05) is 67.6 Å². The lowest BCUT2D eigenvalue weighted by atomic mass is 9.99. The molecule has 2 amide bonds. The Morgan fingerprint density at radius 1 is 1.00 bits per heavy atom. The zero-order valence-corrected chi connectivity index (χ0v) is 21.5. The molecule has 7 heteroatoms. The second-order valence-corrected chi connectivity index (χ2v) is 9.63. The van der Waals surface area contributed by atoms with Gasteiger partial charge in [-0.2, -0.15) is 0 Å². The van der Waals surface area contributed by atoms with E-state index >= 15 is 0 Å². The fourth-order valence-corrected chi connectivity index (χ4v) is 4.55. The first-order valence-corrected chi connectivity index (χ1v) is 12.8. The molecular formula is C30H35N3O4. The highest BCUT2D eigenvalue weighted by atomic mass is 16.6. The Morgan fingerprint density at radius 3 is 2.46 bits per heavy atom. The summed E-state index contributed by atoms with van der Waals surface area (Å²) in [5, 5.41) is 15.2. The summed E-state index contributed by atoms with van der Waals surface area (Å²) in [5.41, 5.74) is 5.97. The van der Waals surface area contributed by atoms with Crippen molar-refractivity contribution in [1.82, 2.24) is 4.90 Å². The molecule has 0 unspecified atom stereocenters. The maximum Gasteiger partial charge on any atom is 0.411 e. The molecule has 4 rings (SSSR count). The Bertz CT molecular complexity index is 1220. The van der Waals surface area contributed by atoms with Gasteiger partial charge in [-0.1, -0.05) is 48.5 Å². The van der Waals surface area contributed by atoms with Gasteiger partial charge in [0.25, 0.3) is 0 Å². The fourth-order valence-electron chi connectivity index (χ4n) is 4.55. The van der Waals surface area contributed by atoms with Crippen LogP contribution in [0.4, 0.5) is 16.2 Å². The molecule has 0 aliphatic carbocycles. The number of carbonyl (C=O) groups is 2. The summed E-state index contributed by atoms with van der Waals surface area (Å²) in [6, 6.07) is 21.2. The van der Waals surface area contributed by atoms with Gasteiger partial charge in [-0.3, -0.25) is 10.1 Å². The van der Waals surface area contributed by atoms with Crippen molar-refractivity contribution >= 4 is 23.4 Å². The molecule has 194 valence electrons. The zero-order valence-electron chi connectivity index (χ0n) is 21.5. The van der Waals surface area contributed by atoms with E-state index in [9.17, 15) is 14.7 Å². The maximum absolute atomic E-state index is 12.8. The minimum atomic E-state index is -0.455. The Kier molecular flexibility index (Phi) is 8.93. The van der Waals surface area contributed by atoms with E-state index in [-0.39, 0.29) is 18.6 Å². The highest BCUT2D eigenvalue weighted by Gasteiger charge is 2.21. The van der Waals surface area contributed by atoms with Gasteiger partial charge in [0.2, 0.25) is 5.91 Å².